The fourth-order valence-electron chi connectivity index (χ4n) is 2.10. The van der Waals surface area contributed by atoms with Gasteiger partial charge in [-0.1, -0.05) is 0 Å². The third-order valence-corrected chi connectivity index (χ3v) is 3.30. The Bertz CT molecular complexity index is 426. The summed E-state index contributed by atoms with van der Waals surface area (Å²) in [6.45, 7) is 5.36. The molecule has 0 unspecified atom stereocenters. The number of piperazine rings is 1. The molecule has 6 heteroatoms. The lowest BCUT2D eigenvalue weighted by Gasteiger charge is -2.28. The van der Waals surface area contributed by atoms with Gasteiger partial charge in [-0.05, 0) is 26.2 Å². The molecule has 1 aromatic rings. The molecular formula is C14H23N5O. The maximum Gasteiger partial charge on any atom is 0.252 e. The fraction of sp³-hybridized carbons (Fsp3) is 0.571. The van der Waals surface area contributed by atoms with Crippen molar-refractivity contribution in [1.82, 2.24) is 20.5 Å². The van der Waals surface area contributed by atoms with E-state index in [1.165, 1.54) is 0 Å². The maximum absolute atomic E-state index is 11.9. The van der Waals surface area contributed by atoms with Gasteiger partial charge in [0.2, 0.25) is 0 Å². The van der Waals surface area contributed by atoms with Crippen LogP contribution in [0.15, 0.2) is 18.3 Å². The van der Waals surface area contributed by atoms with Gasteiger partial charge in [0, 0.05) is 45.5 Å². The molecule has 1 aliphatic rings. The Labute approximate surface area is 120 Å². The van der Waals surface area contributed by atoms with Crippen LogP contribution in [0.2, 0.25) is 0 Å². The molecule has 2 rings (SSSR count). The van der Waals surface area contributed by atoms with Crippen LogP contribution < -0.4 is 15.5 Å². The van der Waals surface area contributed by atoms with Gasteiger partial charge in [-0.25, -0.2) is 4.98 Å². The van der Waals surface area contributed by atoms with Gasteiger partial charge in [-0.15, -0.1) is 0 Å². The molecule has 0 saturated carbocycles. The molecule has 0 spiro atoms. The van der Waals surface area contributed by atoms with E-state index >= 15 is 0 Å². The number of nitrogens with zero attached hydrogens (tertiary/aromatic N) is 3. The van der Waals surface area contributed by atoms with Crippen LogP contribution in [0.1, 0.15) is 10.4 Å². The summed E-state index contributed by atoms with van der Waals surface area (Å²) < 4.78 is 0. The SMILES string of the molecule is CN(C)CCNC(=O)c1ccc(N2CCNCC2)nc1. The molecule has 2 N–H and O–H groups in total. The van der Waals surface area contributed by atoms with E-state index in [1.807, 2.05) is 31.1 Å². The van der Waals surface area contributed by atoms with Crippen LogP contribution >= 0.6 is 0 Å². The van der Waals surface area contributed by atoms with Crippen LogP contribution in [-0.2, 0) is 0 Å². The number of nitrogens with one attached hydrogen (secondary N) is 2. The average Bonchev–Trinajstić information content (AvgIpc) is 2.48. The lowest BCUT2D eigenvalue weighted by atomic mass is 10.2. The second-order valence-electron chi connectivity index (χ2n) is 5.20. The number of rotatable bonds is 5. The molecule has 6 nitrogen and oxygen atoms in total. The Morgan fingerprint density at radius 3 is 2.75 bits per heavy atom. The highest BCUT2D eigenvalue weighted by atomic mass is 16.1. The highest BCUT2D eigenvalue weighted by molar-refractivity contribution is 5.94. The number of hydrogen-bond acceptors (Lipinski definition) is 5. The number of amides is 1. The average molecular weight is 277 g/mol. The van der Waals surface area contributed by atoms with Crippen molar-refractivity contribution in [1.29, 1.82) is 0 Å². The van der Waals surface area contributed by atoms with Crippen molar-refractivity contribution in [2.24, 2.45) is 0 Å². The molecule has 2 heterocycles. The molecule has 1 amide bonds. The molecule has 1 aliphatic heterocycles. The summed E-state index contributed by atoms with van der Waals surface area (Å²) in [4.78, 5) is 20.6. The summed E-state index contributed by atoms with van der Waals surface area (Å²) in [6, 6.07) is 3.77. The Morgan fingerprint density at radius 1 is 1.40 bits per heavy atom. The zero-order valence-corrected chi connectivity index (χ0v) is 12.2. The van der Waals surface area contributed by atoms with Crippen LogP contribution in [0.5, 0.6) is 0 Å². The Morgan fingerprint density at radius 2 is 2.15 bits per heavy atom. The number of aromatic nitrogens is 1. The van der Waals surface area contributed by atoms with Crippen LogP contribution in [0.4, 0.5) is 5.82 Å². The maximum atomic E-state index is 11.9. The van der Waals surface area contributed by atoms with E-state index in [0.717, 1.165) is 38.5 Å². The minimum absolute atomic E-state index is 0.0637. The number of pyridine rings is 1. The predicted octanol–water partition coefficient (Wildman–Crippen LogP) is -0.217. The first kappa shape index (κ1) is 14.7. The van der Waals surface area contributed by atoms with Gasteiger partial charge in [-0.2, -0.15) is 0 Å². The topological polar surface area (TPSA) is 60.5 Å². The third-order valence-electron chi connectivity index (χ3n) is 3.30. The van der Waals surface area contributed by atoms with E-state index in [1.54, 1.807) is 6.20 Å². The van der Waals surface area contributed by atoms with Crippen molar-refractivity contribution < 1.29 is 4.79 Å². The van der Waals surface area contributed by atoms with Crippen LogP contribution in [0.25, 0.3) is 0 Å². The molecule has 0 aliphatic carbocycles. The molecule has 1 aromatic heterocycles. The van der Waals surface area contributed by atoms with Crippen LogP contribution in [0, 0.1) is 0 Å². The van der Waals surface area contributed by atoms with E-state index in [-0.39, 0.29) is 5.91 Å². The van der Waals surface area contributed by atoms with E-state index in [2.05, 4.69) is 20.5 Å². The first-order valence-electron chi connectivity index (χ1n) is 7.01. The summed E-state index contributed by atoms with van der Waals surface area (Å²) in [7, 11) is 3.96. The summed E-state index contributed by atoms with van der Waals surface area (Å²) in [5.74, 6) is 0.877. The first-order valence-corrected chi connectivity index (χ1v) is 7.01. The zero-order chi connectivity index (χ0) is 14.4. The smallest absolute Gasteiger partial charge is 0.252 e. The van der Waals surface area contributed by atoms with Gasteiger partial charge in [0.1, 0.15) is 5.82 Å². The number of likely N-dealkylation sites (N-methyl/N-ethyl adjacent to an activating group) is 1. The predicted molar refractivity (Wildman–Crippen MR) is 80.2 cm³/mol. The van der Waals surface area contributed by atoms with Crippen LogP contribution in [0.3, 0.4) is 0 Å². The van der Waals surface area contributed by atoms with Crippen molar-refractivity contribution in [2.75, 3.05) is 58.3 Å². The second-order valence-corrected chi connectivity index (χ2v) is 5.20. The van der Waals surface area contributed by atoms with Crippen LogP contribution in [-0.4, -0.2) is 69.2 Å². The highest BCUT2D eigenvalue weighted by Gasteiger charge is 2.12. The zero-order valence-electron chi connectivity index (χ0n) is 12.2. The largest absolute Gasteiger partial charge is 0.354 e. The van der Waals surface area contributed by atoms with E-state index in [4.69, 9.17) is 0 Å². The lowest BCUT2D eigenvalue weighted by molar-refractivity contribution is 0.0950. The van der Waals surface area contributed by atoms with Crippen molar-refractivity contribution >= 4 is 11.7 Å². The molecule has 110 valence electrons. The molecule has 20 heavy (non-hydrogen) atoms. The van der Waals surface area contributed by atoms with Gasteiger partial charge >= 0.3 is 0 Å². The Kier molecular flexibility index (Phi) is 5.31. The lowest BCUT2D eigenvalue weighted by Crippen LogP contribution is -2.43. The molecule has 0 radical (unpaired) electrons. The Balaban J connectivity index is 1.88. The van der Waals surface area contributed by atoms with Gasteiger partial charge in [0.05, 0.1) is 5.56 Å². The van der Waals surface area contributed by atoms with Crippen molar-refractivity contribution in [3.05, 3.63) is 23.9 Å². The van der Waals surface area contributed by atoms with Crippen molar-refractivity contribution in [2.45, 2.75) is 0 Å². The third kappa shape index (κ3) is 4.18. The van der Waals surface area contributed by atoms with Crippen molar-refractivity contribution in [3.63, 3.8) is 0 Å². The number of anilines is 1. The summed E-state index contributed by atoms with van der Waals surface area (Å²) in [5.41, 5.74) is 0.614. The molecule has 0 atom stereocenters. The van der Waals surface area contributed by atoms with E-state index in [9.17, 15) is 4.79 Å². The first-order chi connectivity index (χ1) is 9.66. The van der Waals surface area contributed by atoms with E-state index in [0.29, 0.717) is 12.1 Å². The molecular weight excluding hydrogens is 254 g/mol. The highest BCUT2D eigenvalue weighted by Crippen LogP contribution is 2.11. The molecule has 1 saturated heterocycles. The molecule has 0 bridgehead atoms. The standard InChI is InChI=1S/C14H23N5O/c1-18(2)8-7-16-14(20)12-3-4-13(17-11-12)19-9-5-15-6-10-19/h3-4,11,15H,5-10H2,1-2H3,(H,16,20). The van der Waals surface area contributed by atoms with Gasteiger partial charge in [0.25, 0.3) is 5.91 Å². The van der Waals surface area contributed by atoms with Crippen molar-refractivity contribution in [3.8, 4) is 0 Å². The minimum Gasteiger partial charge on any atom is -0.354 e. The fourth-order valence-corrected chi connectivity index (χ4v) is 2.10. The summed E-state index contributed by atoms with van der Waals surface area (Å²) in [6.07, 6.45) is 1.66. The second kappa shape index (κ2) is 7.21. The van der Waals surface area contributed by atoms with Gasteiger partial charge < -0.3 is 20.4 Å². The van der Waals surface area contributed by atoms with E-state index < -0.39 is 0 Å². The minimum atomic E-state index is -0.0637. The normalized spacial score (nSPS) is 15.4. The molecule has 1 fully saturated rings. The Hall–Kier alpha value is -1.66. The number of carbonyl (C=O) groups is 1. The van der Waals surface area contributed by atoms with Gasteiger partial charge in [-0.3, -0.25) is 4.79 Å². The quantitative estimate of drug-likeness (QED) is 0.779. The monoisotopic (exact) mass is 277 g/mol. The summed E-state index contributed by atoms with van der Waals surface area (Å²) >= 11 is 0. The number of hydrogen-bond donors (Lipinski definition) is 2. The summed E-state index contributed by atoms with van der Waals surface area (Å²) in [5, 5.41) is 6.19. The van der Waals surface area contributed by atoms with Gasteiger partial charge in [0.15, 0.2) is 0 Å². The number of carbonyl (C=O) groups excluding carboxylic acids is 1. The molecule has 0 aromatic carbocycles.